The number of methoxy groups -OCH3 is 1. The number of hydrogen-bond acceptors (Lipinski definition) is 3. The minimum absolute atomic E-state index is 0.0356. The van der Waals surface area contributed by atoms with Crippen molar-refractivity contribution in [1.29, 1.82) is 0 Å². The van der Waals surface area contributed by atoms with Crippen LogP contribution in [0.5, 0.6) is 0 Å². The molecule has 0 aromatic carbocycles. The van der Waals surface area contributed by atoms with E-state index in [1.54, 1.807) is 7.11 Å². The van der Waals surface area contributed by atoms with Crippen LogP contribution in [0.1, 0.15) is 29.8 Å². The van der Waals surface area contributed by atoms with Crippen LogP contribution in [0, 0.1) is 5.41 Å². The van der Waals surface area contributed by atoms with E-state index in [-0.39, 0.29) is 17.4 Å². The topological polar surface area (TPSA) is 43.7 Å². The summed E-state index contributed by atoms with van der Waals surface area (Å²) in [6.45, 7) is 2.99. The third kappa shape index (κ3) is 2.60. The lowest BCUT2D eigenvalue weighted by atomic mass is 9.73. The molecule has 1 amide bonds. The van der Waals surface area contributed by atoms with Gasteiger partial charge in [0.05, 0.1) is 12.7 Å². The molecule has 2 atom stereocenters. The average Bonchev–Trinajstić information content (AvgIpc) is 2.92. The normalized spacial score (nSPS) is 29.2. The molecule has 0 unspecified atom stereocenters. The predicted molar refractivity (Wildman–Crippen MR) is 79.2 cm³/mol. The fourth-order valence-corrected chi connectivity index (χ4v) is 3.81. The first kappa shape index (κ1) is 14.6. The van der Waals surface area contributed by atoms with Gasteiger partial charge in [-0.25, -0.2) is 0 Å². The Balaban J connectivity index is 1.80. The van der Waals surface area contributed by atoms with E-state index in [9.17, 15) is 4.79 Å². The highest BCUT2D eigenvalue weighted by atomic mass is 16.5. The van der Waals surface area contributed by atoms with Gasteiger partial charge in [0.25, 0.3) is 5.91 Å². The maximum Gasteiger partial charge on any atom is 0.270 e. The number of nitrogens with zero attached hydrogens (tertiary/aromatic N) is 2. The van der Waals surface area contributed by atoms with Gasteiger partial charge in [-0.05, 0) is 31.4 Å². The largest absolute Gasteiger partial charge is 0.384 e. The number of hydrogen-bond donors (Lipinski definition) is 0. The monoisotopic (exact) mass is 292 g/mol. The number of carbonyl (C=O) groups is 1. The van der Waals surface area contributed by atoms with Crippen LogP contribution >= 0.6 is 0 Å². The first-order valence-corrected chi connectivity index (χ1v) is 7.67. The van der Waals surface area contributed by atoms with Gasteiger partial charge in [0.2, 0.25) is 0 Å². The van der Waals surface area contributed by atoms with Crippen LogP contribution < -0.4 is 0 Å². The van der Waals surface area contributed by atoms with Gasteiger partial charge in [0.15, 0.2) is 0 Å². The summed E-state index contributed by atoms with van der Waals surface area (Å²) < 4.78 is 13.3. The number of fused-ring (bicyclic) bond motifs is 1. The second-order valence-electron chi connectivity index (χ2n) is 6.28. The van der Waals surface area contributed by atoms with Crippen LogP contribution in [0.25, 0.3) is 0 Å². The number of likely N-dealkylation sites (tertiary alicyclic amines) is 1. The maximum absolute atomic E-state index is 12.7. The second-order valence-corrected chi connectivity index (χ2v) is 6.28. The molecule has 1 aromatic rings. The van der Waals surface area contributed by atoms with Crippen LogP contribution in [0.2, 0.25) is 0 Å². The minimum atomic E-state index is -0.0356. The molecule has 2 saturated heterocycles. The van der Waals surface area contributed by atoms with Crippen molar-refractivity contribution in [2.75, 3.05) is 33.4 Å². The van der Waals surface area contributed by atoms with Crippen LogP contribution in [0.3, 0.4) is 0 Å². The lowest BCUT2D eigenvalue weighted by Crippen LogP contribution is -2.58. The SMILES string of the molecule is COC[C@]12CCCO[C@@H]1CCN(C(=O)c1cccn1C)C2. The zero-order valence-corrected chi connectivity index (χ0v) is 12.9. The Kier molecular flexibility index (Phi) is 4.04. The van der Waals surface area contributed by atoms with Gasteiger partial charge >= 0.3 is 0 Å². The summed E-state index contributed by atoms with van der Waals surface area (Å²) in [5.41, 5.74) is 0.712. The number of rotatable bonds is 3. The summed E-state index contributed by atoms with van der Waals surface area (Å²) in [6, 6.07) is 3.80. The Bertz CT molecular complexity index is 509. The van der Waals surface area contributed by atoms with Crippen molar-refractivity contribution in [3.05, 3.63) is 24.0 Å². The van der Waals surface area contributed by atoms with E-state index in [2.05, 4.69) is 0 Å². The molecule has 2 aliphatic rings. The molecule has 0 radical (unpaired) electrons. The predicted octanol–water partition coefficient (Wildman–Crippen LogP) is 1.68. The van der Waals surface area contributed by atoms with Crippen LogP contribution in [-0.2, 0) is 16.5 Å². The molecule has 21 heavy (non-hydrogen) atoms. The van der Waals surface area contributed by atoms with Crippen molar-refractivity contribution in [3.8, 4) is 0 Å². The molecule has 1 aromatic heterocycles. The second kappa shape index (κ2) is 5.81. The summed E-state index contributed by atoms with van der Waals surface area (Å²) >= 11 is 0. The van der Waals surface area contributed by atoms with Gasteiger partial charge in [-0.15, -0.1) is 0 Å². The van der Waals surface area contributed by atoms with E-state index in [0.717, 1.165) is 44.7 Å². The van der Waals surface area contributed by atoms with E-state index >= 15 is 0 Å². The summed E-state index contributed by atoms with van der Waals surface area (Å²) in [7, 11) is 3.65. The summed E-state index contributed by atoms with van der Waals surface area (Å²) in [6.07, 6.45) is 5.16. The molecule has 3 heterocycles. The molecule has 3 rings (SSSR count). The van der Waals surface area contributed by atoms with Crippen molar-refractivity contribution < 1.29 is 14.3 Å². The van der Waals surface area contributed by atoms with Gasteiger partial charge < -0.3 is 18.9 Å². The summed E-state index contributed by atoms with van der Waals surface area (Å²) in [5.74, 6) is 0.113. The van der Waals surface area contributed by atoms with Crippen molar-refractivity contribution in [1.82, 2.24) is 9.47 Å². The van der Waals surface area contributed by atoms with Gasteiger partial charge in [0.1, 0.15) is 5.69 Å². The Labute approximate surface area is 125 Å². The van der Waals surface area contributed by atoms with Gasteiger partial charge in [-0.3, -0.25) is 4.79 Å². The molecule has 0 saturated carbocycles. The Morgan fingerprint density at radius 2 is 2.43 bits per heavy atom. The number of aromatic nitrogens is 1. The van der Waals surface area contributed by atoms with Gasteiger partial charge in [-0.1, -0.05) is 0 Å². The quantitative estimate of drug-likeness (QED) is 0.851. The molecule has 5 nitrogen and oxygen atoms in total. The van der Waals surface area contributed by atoms with Gasteiger partial charge in [0, 0.05) is 45.5 Å². The molecular weight excluding hydrogens is 268 g/mol. The Morgan fingerprint density at radius 3 is 3.14 bits per heavy atom. The molecule has 0 bridgehead atoms. The zero-order chi connectivity index (χ0) is 14.9. The maximum atomic E-state index is 12.7. The lowest BCUT2D eigenvalue weighted by Gasteiger charge is -2.50. The fourth-order valence-electron chi connectivity index (χ4n) is 3.81. The summed E-state index contributed by atoms with van der Waals surface area (Å²) in [5, 5.41) is 0. The van der Waals surface area contributed by atoms with Crippen LogP contribution in [0.4, 0.5) is 0 Å². The highest BCUT2D eigenvalue weighted by Crippen LogP contribution is 2.40. The Morgan fingerprint density at radius 1 is 1.57 bits per heavy atom. The molecule has 0 aliphatic carbocycles. The van der Waals surface area contributed by atoms with E-state index < -0.39 is 0 Å². The number of ether oxygens (including phenoxy) is 2. The third-order valence-electron chi connectivity index (χ3n) is 4.87. The molecule has 116 valence electrons. The standard InChI is InChI=1S/C16H24N2O3/c1-17-8-3-5-13(17)15(19)18-9-6-14-16(11-18,12-20-2)7-4-10-21-14/h3,5,8,14H,4,6-7,9-12H2,1-2H3/t14-,16-/m1/s1. The highest BCUT2D eigenvalue weighted by Gasteiger charge is 2.47. The minimum Gasteiger partial charge on any atom is -0.384 e. The van der Waals surface area contributed by atoms with E-state index in [4.69, 9.17) is 9.47 Å². The first-order valence-electron chi connectivity index (χ1n) is 7.67. The van der Waals surface area contributed by atoms with Crippen molar-refractivity contribution in [2.24, 2.45) is 12.5 Å². The summed E-state index contributed by atoms with van der Waals surface area (Å²) in [4.78, 5) is 14.7. The van der Waals surface area contributed by atoms with E-state index in [1.807, 2.05) is 34.8 Å². The highest BCUT2D eigenvalue weighted by molar-refractivity contribution is 5.92. The molecule has 2 aliphatic heterocycles. The van der Waals surface area contributed by atoms with Crippen LogP contribution in [-0.4, -0.2) is 54.9 Å². The Hall–Kier alpha value is -1.33. The molecular formula is C16H24N2O3. The van der Waals surface area contributed by atoms with E-state index in [1.165, 1.54) is 0 Å². The molecule has 5 heteroatoms. The van der Waals surface area contributed by atoms with Crippen molar-refractivity contribution in [3.63, 3.8) is 0 Å². The van der Waals surface area contributed by atoms with Crippen molar-refractivity contribution >= 4 is 5.91 Å². The van der Waals surface area contributed by atoms with Crippen molar-refractivity contribution in [2.45, 2.75) is 25.4 Å². The fraction of sp³-hybridized carbons (Fsp3) is 0.688. The number of piperidine rings is 1. The smallest absolute Gasteiger partial charge is 0.270 e. The van der Waals surface area contributed by atoms with Crippen LogP contribution in [0.15, 0.2) is 18.3 Å². The lowest BCUT2D eigenvalue weighted by molar-refractivity contribution is -0.142. The zero-order valence-electron chi connectivity index (χ0n) is 12.9. The molecule has 0 N–H and O–H groups in total. The van der Waals surface area contributed by atoms with Gasteiger partial charge in [-0.2, -0.15) is 0 Å². The number of amides is 1. The molecule has 2 fully saturated rings. The average molecular weight is 292 g/mol. The number of aryl methyl sites for hydroxylation is 1. The number of carbonyl (C=O) groups excluding carboxylic acids is 1. The van der Waals surface area contributed by atoms with E-state index in [0.29, 0.717) is 6.61 Å². The first-order chi connectivity index (χ1) is 10.2. The third-order valence-corrected chi connectivity index (χ3v) is 4.87. The molecule has 0 spiro atoms.